The van der Waals surface area contributed by atoms with Crippen LogP contribution in [0, 0.1) is 6.92 Å². The van der Waals surface area contributed by atoms with Gasteiger partial charge in [0.05, 0.1) is 23.8 Å². The Morgan fingerprint density at radius 2 is 2.04 bits per heavy atom. The van der Waals surface area contributed by atoms with Gasteiger partial charge in [0.1, 0.15) is 5.75 Å². The van der Waals surface area contributed by atoms with Crippen LogP contribution in [0.25, 0.3) is 0 Å². The van der Waals surface area contributed by atoms with Crippen LogP contribution in [-0.4, -0.2) is 40.7 Å². The summed E-state index contributed by atoms with van der Waals surface area (Å²) in [7, 11) is -2.28. The predicted molar refractivity (Wildman–Crippen MR) is 106 cm³/mol. The third kappa shape index (κ3) is 4.70. The van der Waals surface area contributed by atoms with Crippen LogP contribution in [0.1, 0.15) is 28.8 Å². The van der Waals surface area contributed by atoms with E-state index in [4.69, 9.17) is 9.47 Å². The van der Waals surface area contributed by atoms with Crippen molar-refractivity contribution in [3.63, 3.8) is 0 Å². The zero-order valence-corrected chi connectivity index (χ0v) is 16.7. The standard InChI is InChI=1S/C20H24N2O5S/c1-14-6-3-4-8-17(14)20(23)22-18-12-16(9-10-19(18)26-2)28(24,25)21-13-15-7-5-11-27-15/h3-4,6,8-10,12,15,21H,5,7,11,13H2,1-2H3,(H,22,23)/t15-/m0/s1. The normalized spacial score (nSPS) is 16.7. The van der Waals surface area contributed by atoms with E-state index in [1.54, 1.807) is 12.1 Å². The summed E-state index contributed by atoms with van der Waals surface area (Å²) in [5, 5.41) is 2.75. The molecule has 1 fully saturated rings. The summed E-state index contributed by atoms with van der Waals surface area (Å²) in [5.41, 5.74) is 1.62. The van der Waals surface area contributed by atoms with Crippen LogP contribution in [-0.2, 0) is 14.8 Å². The van der Waals surface area contributed by atoms with Gasteiger partial charge in [-0.2, -0.15) is 0 Å². The molecule has 0 spiro atoms. The topological polar surface area (TPSA) is 93.7 Å². The number of hydrogen-bond donors (Lipinski definition) is 2. The fourth-order valence-electron chi connectivity index (χ4n) is 3.06. The third-order valence-electron chi connectivity index (χ3n) is 4.64. The molecule has 8 heteroatoms. The van der Waals surface area contributed by atoms with Crippen LogP contribution in [0.2, 0.25) is 0 Å². The smallest absolute Gasteiger partial charge is 0.256 e. The number of methoxy groups -OCH3 is 1. The summed E-state index contributed by atoms with van der Waals surface area (Å²) in [6.45, 7) is 2.71. The molecule has 0 saturated carbocycles. The minimum Gasteiger partial charge on any atom is -0.495 e. The second-order valence-corrected chi connectivity index (χ2v) is 8.39. The number of nitrogens with one attached hydrogen (secondary N) is 2. The van der Waals surface area contributed by atoms with Gasteiger partial charge in [0, 0.05) is 18.7 Å². The van der Waals surface area contributed by atoms with Crippen LogP contribution in [0.3, 0.4) is 0 Å². The summed E-state index contributed by atoms with van der Waals surface area (Å²) >= 11 is 0. The molecule has 1 amide bonds. The molecule has 2 N–H and O–H groups in total. The van der Waals surface area contributed by atoms with Gasteiger partial charge in [-0.25, -0.2) is 13.1 Å². The second-order valence-electron chi connectivity index (χ2n) is 6.62. The van der Waals surface area contributed by atoms with Crippen LogP contribution >= 0.6 is 0 Å². The Balaban J connectivity index is 1.81. The number of ether oxygens (including phenoxy) is 2. The molecule has 1 atom stereocenters. The first-order valence-electron chi connectivity index (χ1n) is 9.07. The van der Waals surface area contributed by atoms with Crippen molar-refractivity contribution in [3.8, 4) is 5.75 Å². The summed E-state index contributed by atoms with van der Waals surface area (Å²) in [6.07, 6.45) is 1.67. The minimum absolute atomic E-state index is 0.0476. The molecule has 0 bridgehead atoms. The largest absolute Gasteiger partial charge is 0.495 e. The zero-order chi connectivity index (χ0) is 20.1. The number of amides is 1. The first-order valence-corrected chi connectivity index (χ1v) is 10.6. The Bertz CT molecular complexity index is 953. The maximum absolute atomic E-state index is 12.6. The lowest BCUT2D eigenvalue weighted by Crippen LogP contribution is -2.31. The number of anilines is 1. The molecule has 0 radical (unpaired) electrons. The lowest BCUT2D eigenvalue weighted by Gasteiger charge is -2.15. The summed E-state index contributed by atoms with van der Waals surface area (Å²) in [4.78, 5) is 12.7. The van der Waals surface area contributed by atoms with E-state index in [1.165, 1.54) is 25.3 Å². The highest BCUT2D eigenvalue weighted by molar-refractivity contribution is 7.89. The molecule has 28 heavy (non-hydrogen) atoms. The van der Waals surface area contributed by atoms with Gasteiger partial charge in [0.2, 0.25) is 10.0 Å². The van der Waals surface area contributed by atoms with E-state index in [9.17, 15) is 13.2 Å². The summed E-state index contributed by atoms with van der Waals surface area (Å²) < 4.78 is 38.6. The van der Waals surface area contributed by atoms with Crippen LogP contribution in [0.4, 0.5) is 5.69 Å². The maximum Gasteiger partial charge on any atom is 0.256 e. The monoisotopic (exact) mass is 404 g/mol. The Kier molecular flexibility index (Phi) is 6.33. The SMILES string of the molecule is COc1ccc(S(=O)(=O)NC[C@@H]2CCCO2)cc1NC(=O)c1ccccc1C. The first kappa shape index (κ1) is 20.3. The predicted octanol–water partition coefficient (Wildman–Crippen LogP) is 2.71. The van der Waals surface area contributed by atoms with Gasteiger partial charge in [0.25, 0.3) is 5.91 Å². The molecule has 1 aliphatic heterocycles. The number of benzene rings is 2. The van der Waals surface area contributed by atoms with E-state index in [0.717, 1.165) is 18.4 Å². The Morgan fingerprint density at radius 1 is 1.25 bits per heavy atom. The summed E-state index contributed by atoms with van der Waals surface area (Å²) in [6, 6.07) is 11.5. The highest BCUT2D eigenvalue weighted by Gasteiger charge is 2.22. The van der Waals surface area contributed by atoms with Crippen molar-refractivity contribution in [1.29, 1.82) is 0 Å². The molecule has 150 valence electrons. The number of sulfonamides is 1. The van der Waals surface area contributed by atoms with Crippen molar-refractivity contribution < 1.29 is 22.7 Å². The number of rotatable bonds is 7. The second kappa shape index (κ2) is 8.72. The zero-order valence-electron chi connectivity index (χ0n) is 15.9. The van der Waals surface area contributed by atoms with Gasteiger partial charge in [-0.1, -0.05) is 18.2 Å². The highest BCUT2D eigenvalue weighted by atomic mass is 32.2. The third-order valence-corrected chi connectivity index (χ3v) is 6.07. The number of aryl methyl sites for hydroxylation is 1. The Hall–Kier alpha value is -2.42. The molecular weight excluding hydrogens is 380 g/mol. The molecule has 0 aliphatic carbocycles. The van der Waals surface area contributed by atoms with Crippen molar-refractivity contribution in [1.82, 2.24) is 4.72 Å². The van der Waals surface area contributed by atoms with Crippen molar-refractivity contribution in [2.24, 2.45) is 0 Å². The van der Waals surface area contributed by atoms with Gasteiger partial charge in [-0.15, -0.1) is 0 Å². The number of carbonyl (C=O) groups is 1. The van der Waals surface area contributed by atoms with Gasteiger partial charge < -0.3 is 14.8 Å². The van der Waals surface area contributed by atoms with Crippen LogP contribution in [0.5, 0.6) is 5.75 Å². The van der Waals surface area contributed by atoms with Crippen molar-refractivity contribution in [2.45, 2.75) is 30.8 Å². The maximum atomic E-state index is 12.6. The van der Waals surface area contributed by atoms with Gasteiger partial charge >= 0.3 is 0 Å². The van der Waals surface area contributed by atoms with E-state index < -0.39 is 10.0 Å². The molecule has 3 rings (SSSR count). The van der Waals surface area contributed by atoms with Gasteiger partial charge in [-0.05, 0) is 49.6 Å². The van der Waals surface area contributed by atoms with E-state index in [1.807, 2.05) is 19.1 Å². The molecule has 2 aromatic rings. The van der Waals surface area contributed by atoms with Gasteiger partial charge in [0.15, 0.2) is 0 Å². The summed E-state index contributed by atoms with van der Waals surface area (Å²) in [5.74, 6) is 0.0401. The Morgan fingerprint density at radius 3 is 2.71 bits per heavy atom. The van der Waals surface area contributed by atoms with E-state index in [0.29, 0.717) is 17.9 Å². The van der Waals surface area contributed by atoms with Crippen molar-refractivity contribution >= 4 is 21.6 Å². The quantitative estimate of drug-likeness (QED) is 0.740. The first-order chi connectivity index (χ1) is 13.4. The average Bonchev–Trinajstić information content (AvgIpc) is 3.20. The molecule has 7 nitrogen and oxygen atoms in total. The average molecular weight is 404 g/mol. The molecular formula is C20H24N2O5S. The number of carbonyl (C=O) groups excluding carboxylic acids is 1. The van der Waals surface area contributed by atoms with Crippen LogP contribution in [0.15, 0.2) is 47.4 Å². The lowest BCUT2D eigenvalue weighted by molar-refractivity contribution is 0.102. The molecule has 2 aromatic carbocycles. The lowest BCUT2D eigenvalue weighted by atomic mass is 10.1. The van der Waals surface area contributed by atoms with Crippen molar-refractivity contribution in [2.75, 3.05) is 25.6 Å². The Labute approximate surface area is 165 Å². The van der Waals surface area contributed by atoms with Gasteiger partial charge in [-0.3, -0.25) is 4.79 Å². The van der Waals surface area contributed by atoms with E-state index in [-0.39, 0.29) is 29.1 Å². The fourth-order valence-corrected chi connectivity index (χ4v) is 4.15. The fraction of sp³-hybridized carbons (Fsp3) is 0.350. The molecule has 1 saturated heterocycles. The molecule has 1 heterocycles. The van der Waals surface area contributed by atoms with E-state index >= 15 is 0 Å². The van der Waals surface area contributed by atoms with E-state index in [2.05, 4.69) is 10.0 Å². The molecule has 0 aromatic heterocycles. The van der Waals surface area contributed by atoms with Crippen molar-refractivity contribution in [3.05, 3.63) is 53.6 Å². The van der Waals surface area contributed by atoms with Crippen LogP contribution < -0.4 is 14.8 Å². The highest BCUT2D eigenvalue weighted by Crippen LogP contribution is 2.28. The molecule has 0 unspecified atom stereocenters. The minimum atomic E-state index is -3.74. The number of hydrogen-bond acceptors (Lipinski definition) is 5. The molecule has 1 aliphatic rings.